The lowest BCUT2D eigenvalue weighted by Crippen LogP contribution is -2.37. The number of nitrogens with two attached hydrogens (primary N) is 1. The lowest BCUT2D eigenvalue weighted by Gasteiger charge is -2.17. The summed E-state index contributed by atoms with van der Waals surface area (Å²) >= 11 is 6.16. The van der Waals surface area contributed by atoms with Crippen molar-refractivity contribution in [1.29, 1.82) is 0 Å². The number of carbonyl (C=O) groups excluding carboxylic acids is 1. The highest BCUT2D eigenvalue weighted by molar-refractivity contribution is 6.32. The van der Waals surface area contributed by atoms with E-state index in [0.29, 0.717) is 23.2 Å². The molecular formula is C16H25ClN2O2. The van der Waals surface area contributed by atoms with Gasteiger partial charge in [-0.15, -0.1) is 0 Å². The molecule has 118 valence electrons. The van der Waals surface area contributed by atoms with E-state index in [1.54, 1.807) is 19.1 Å². The van der Waals surface area contributed by atoms with E-state index in [0.717, 1.165) is 12.0 Å². The Hall–Kier alpha value is -1.26. The van der Waals surface area contributed by atoms with Gasteiger partial charge in [0.1, 0.15) is 5.75 Å². The molecule has 1 aromatic rings. The molecule has 0 fully saturated rings. The van der Waals surface area contributed by atoms with Crippen LogP contribution < -0.4 is 15.8 Å². The van der Waals surface area contributed by atoms with E-state index < -0.39 is 6.10 Å². The van der Waals surface area contributed by atoms with Crippen molar-refractivity contribution >= 4 is 17.5 Å². The van der Waals surface area contributed by atoms with Crippen molar-refractivity contribution in [3.05, 3.63) is 28.8 Å². The first-order chi connectivity index (χ1) is 9.81. The second kappa shape index (κ2) is 8.25. The Bertz CT molecular complexity index is 475. The topological polar surface area (TPSA) is 64.3 Å². The Balaban J connectivity index is 2.58. The summed E-state index contributed by atoms with van der Waals surface area (Å²) in [5.41, 5.74) is 6.73. The number of hydrogen-bond acceptors (Lipinski definition) is 3. The van der Waals surface area contributed by atoms with Crippen LogP contribution in [-0.4, -0.2) is 18.6 Å². The minimum absolute atomic E-state index is 0.0895. The summed E-state index contributed by atoms with van der Waals surface area (Å²) in [5, 5.41) is 3.32. The molecule has 4 nitrogen and oxygen atoms in total. The van der Waals surface area contributed by atoms with Crippen LogP contribution in [0.4, 0.5) is 0 Å². The number of halogens is 1. The fourth-order valence-corrected chi connectivity index (χ4v) is 2.00. The van der Waals surface area contributed by atoms with Gasteiger partial charge in [-0.3, -0.25) is 4.79 Å². The summed E-state index contributed by atoms with van der Waals surface area (Å²) in [6, 6.07) is 5.28. The van der Waals surface area contributed by atoms with Gasteiger partial charge in [0.05, 0.1) is 5.02 Å². The fourth-order valence-electron chi connectivity index (χ4n) is 1.77. The quantitative estimate of drug-likeness (QED) is 0.812. The monoisotopic (exact) mass is 312 g/mol. The van der Waals surface area contributed by atoms with Crippen LogP contribution in [0, 0.1) is 5.92 Å². The maximum absolute atomic E-state index is 11.9. The van der Waals surface area contributed by atoms with E-state index in [-0.39, 0.29) is 11.9 Å². The fraction of sp³-hybridized carbons (Fsp3) is 0.562. The Labute approximate surface area is 132 Å². The molecule has 0 radical (unpaired) electrons. The number of benzene rings is 1. The number of nitrogens with one attached hydrogen (secondary N) is 1. The molecule has 2 atom stereocenters. The van der Waals surface area contributed by atoms with Gasteiger partial charge in [0, 0.05) is 12.6 Å². The highest BCUT2D eigenvalue weighted by Crippen LogP contribution is 2.28. The number of rotatable bonds is 7. The minimum atomic E-state index is -0.587. The summed E-state index contributed by atoms with van der Waals surface area (Å²) in [6.45, 7) is 8.48. The molecule has 0 aliphatic heterocycles. The maximum Gasteiger partial charge on any atom is 0.260 e. The van der Waals surface area contributed by atoms with Crippen LogP contribution in [0.3, 0.4) is 0 Å². The number of carbonyl (C=O) groups is 1. The van der Waals surface area contributed by atoms with E-state index in [2.05, 4.69) is 19.2 Å². The third-order valence-electron chi connectivity index (χ3n) is 3.18. The number of hydrogen-bond donors (Lipinski definition) is 2. The molecule has 0 heterocycles. The smallest absolute Gasteiger partial charge is 0.260 e. The van der Waals surface area contributed by atoms with E-state index in [9.17, 15) is 4.79 Å². The molecule has 1 rings (SSSR count). The van der Waals surface area contributed by atoms with Crippen LogP contribution in [0.1, 0.15) is 45.7 Å². The van der Waals surface area contributed by atoms with Crippen molar-refractivity contribution < 1.29 is 9.53 Å². The normalized spacial score (nSPS) is 13.9. The molecule has 21 heavy (non-hydrogen) atoms. The third-order valence-corrected chi connectivity index (χ3v) is 3.47. The van der Waals surface area contributed by atoms with Gasteiger partial charge < -0.3 is 15.8 Å². The van der Waals surface area contributed by atoms with E-state index in [4.69, 9.17) is 22.1 Å². The standard InChI is InChI=1S/C16H25ClN2O2/c1-10(2)7-8-19-16(20)12(4)21-15-6-5-13(11(3)18)9-14(15)17/h5-6,9-12H,7-8,18H2,1-4H3,(H,19,20). The highest BCUT2D eigenvalue weighted by atomic mass is 35.5. The largest absolute Gasteiger partial charge is 0.479 e. The average Bonchev–Trinajstić information content (AvgIpc) is 2.40. The van der Waals surface area contributed by atoms with Gasteiger partial charge in [-0.25, -0.2) is 0 Å². The summed E-state index contributed by atoms with van der Waals surface area (Å²) in [6.07, 6.45) is 0.360. The van der Waals surface area contributed by atoms with Gasteiger partial charge >= 0.3 is 0 Å². The molecule has 3 N–H and O–H groups in total. The minimum Gasteiger partial charge on any atom is -0.479 e. The summed E-state index contributed by atoms with van der Waals surface area (Å²) in [4.78, 5) is 11.9. The van der Waals surface area contributed by atoms with Gasteiger partial charge in [0.15, 0.2) is 6.10 Å². The lowest BCUT2D eigenvalue weighted by molar-refractivity contribution is -0.127. The zero-order valence-electron chi connectivity index (χ0n) is 13.2. The van der Waals surface area contributed by atoms with E-state index >= 15 is 0 Å². The Morgan fingerprint density at radius 2 is 2.00 bits per heavy atom. The second-order valence-electron chi connectivity index (χ2n) is 5.71. The van der Waals surface area contributed by atoms with Crippen molar-refractivity contribution in [2.75, 3.05) is 6.54 Å². The van der Waals surface area contributed by atoms with E-state index in [1.807, 2.05) is 13.0 Å². The molecule has 0 aliphatic carbocycles. The summed E-state index contributed by atoms with van der Waals surface area (Å²) < 4.78 is 5.61. The van der Waals surface area contributed by atoms with Gasteiger partial charge in [-0.2, -0.15) is 0 Å². The zero-order chi connectivity index (χ0) is 16.0. The third kappa shape index (κ3) is 5.94. The first-order valence-corrected chi connectivity index (χ1v) is 7.68. The van der Waals surface area contributed by atoms with Gasteiger partial charge in [-0.1, -0.05) is 31.5 Å². The van der Waals surface area contributed by atoms with Gasteiger partial charge in [0.2, 0.25) is 0 Å². The van der Waals surface area contributed by atoms with Crippen LogP contribution in [-0.2, 0) is 4.79 Å². The predicted octanol–water partition coefficient (Wildman–Crippen LogP) is 3.29. The number of amides is 1. The van der Waals surface area contributed by atoms with Crippen LogP contribution in [0.15, 0.2) is 18.2 Å². The molecule has 1 aromatic carbocycles. The van der Waals surface area contributed by atoms with Crippen molar-refractivity contribution in [2.45, 2.75) is 46.3 Å². The Morgan fingerprint density at radius 3 is 2.52 bits per heavy atom. The molecule has 0 bridgehead atoms. The van der Waals surface area contributed by atoms with Crippen molar-refractivity contribution in [1.82, 2.24) is 5.32 Å². The van der Waals surface area contributed by atoms with Crippen LogP contribution in [0.2, 0.25) is 5.02 Å². The predicted molar refractivity (Wildman–Crippen MR) is 86.6 cm³/mol. The summed E-state index contributed by atoms with van der Waals surface area (Å²) in [7, 11) is 0. The molecule has 5 heteroatoms. The maximum atomic E-state index is 11.9. The lowest BCUT2D eigenvalue weighted by atomic mass is 10.1. The zero-order valence-corrected chi connectivity index (χ0v) is 13.9. The Morgan fingerprint density at radius 1 is 1.33 bits per heavy atom. The van der Waals surface area contributed by atoms with Crippen molar-refractivity contribution in [3.8, 4) is 5.75 Å². The molecule has 0 saturated carbocycles. The first kappa shape index (κ1) is 17.8. The van der Waals surface area contributed by atoms with E-state index in [1.165, 1.54) is 0 Å². The molecule has 0 spiro atoms. The highest BCUT2D eigenvalue weighted by Gasteiger charge is 2.16. The first-order valence-electron chi connectivity index (χ1n) is 7.30. The van der Waals surface area contributed by atoms with Crippen LogP contribution in [0.5, 0.6) is 5.75 Å². The van der Waals surface area contributed by atoms with Crippen LogP contribution >= 0.6 is 11.6 Å². The average molecular weight is 313 g/mol. The van der Waals surface area contributed by atoms with Crippen molar-refractivity contribution in [2.24, 2.45) is 11.7 Å². The molecule has 0 saturated heterocycles. The summed E-state index contributed by atoms with van der Waals surface area (Å²) in [5.74, 6) is 0.914. The van der Waals surface area contributed by atoms with Gasteiger partial charge in [-0.05, 0) is 43.9 Å². The molecular weight excluding hydrogens is 288 g/mol. The molecule has 0 aromatic heterocycles. The molecule has 0 aliphatic rings. The van der Waals surface area contributed by atoms with Crippen LogP contribution in [0.25, 0.3) is 0 Å². The number of ether oxygens (including phenoxy) is 1. The van der Waals surface area contributed by atoms with Gasteiger partial charge in [0.25, 0.3) is 5.91 Å². The Kier molecular flexibility index (Phi) is 6.99. The SMILES string of the molecule is CC(C)CCNC(=O)C(C)Oc1ccc(C(C)N)cc1Cl. The molecule has 1 amide bonds. The van der Waals surface area contributed by atoms with Crippen molar-refractivity contribution in [3.63, 3.8) is 0 Å². The second-order valence-corrected chi connectivity index (χ2v) is 6.12. The molecule has 2 unspecified atom stereocenters.